The largest absolute Gasteiger partial charge is 0.467 e. The molecule has 1 aromatic heterocycles. The highest BCUT2D eigenvalue weighted by molar-refractivity contribution is 8.18. The van der Waals surface area contributed by atoms with Crippen LogP contribution in [0.4, 0.5) is 0 Å². The highest BCUT2D eigenvalue weighted by atomic mass is 32.2. The van der Waals surface area contributed by atoms with Crippen LogP contribution >= 0.6 is 11.8 Å². The number of rotatable bonds is 6. The van der Waals surface area contributed by atoms with Gasteiger partial charge >= 0.3 is 0 Å². The van der Waals surface area contributed by atoms with E-state index < -0.39 is 0 Å². The molecule has 5 nitrogen and oxygen atoms in total. The van der Waals surface area contributed by atoms with Gasteiger partial charge < -0.3 is 4.42 Å². The quantitative estimate of drug-likeness (QED) is 0.290. The zero-order valence-electron chi connectivity index (χ0n) is 17.0. The zero-order chi connectivity index (χ0) is 21.5. The molecular weight excluding hydrogens is 406 g/mol. The van der Waals surface area contributed by atoms with Crippen LogP contribution < -0.4 is 0 Å². The highest BCUT2D eigenvalue weighted by Crippen LogP contribution is 2.32. The van der Waals surface area contributed by atoms with Gasteiger partial charge in [0, 0.05) is 0 Å². The van der Waals surface area contributed by atoms with Gasteiger partial charge in [-0.25, -0.2) is 0 Å². The molecule has 0 radical (unpaired) electrons. The molecule has 0 N–H and O–H groups in total. The number of nitrogens with zero attached hydrogens (tertiary/aromatic N) is 3. The fourth-order valence-corrected chi connectivity index (χ4v) is 3.86. The lowest BCUT2D eigenvalue weighted by molar-refractivity contribution is -0.122. The molecule has 0 unspecified atom stereocenters. The Morgan fingerprint density at radius 3 is 2.61 bits per heavy atom. The van der Waals surface area contributed by atoms with Crippen LogP contribution in [0.2, 0.25) is 0 Å². The van der Waals surface area contributed by atoms with Crippen molar-refractivity contribution < 1.29 is 9.21 Å². The van der Waals surface area contributed by atoms with Gasteiger partial charge in [-0.15, -0.1) is 5.10 Å². The summed E-state index contributed by atoms with van der Waals surface area (Å²) in [6.07, 6.45) is 8.94. The number of carbonyl (C=O) groups is 1. The van der Waals surface area contributed by atoms with Gasteiger partial charge in [-0.05, 0) is 53.6 Å². The second kappa shape index (κ2) is 9.91. The average Bonchev–Trinajstić information content (AvgIpc) is 3.40. The smallest absolute Gasteiger partial charge is 0.267 e. The third-order valence-corrected chi connectivity index (χ3v) is 5.66. The van der Waals surface area contributed by atoms with Crippen molar-refractivity contribution in [3.8, 4) is 0 Å². The molecule has 1 aliphatic rings. The number of benzene rings is 2. The summed E-state index contributed by atoms with van der Waals surface area (Å²) in [6.45, 7) is 2.32. The predicted molar refractivity (Wildman–Crippen MR) is 127 cm³/mol. The number of hydrogen-bond acceptors (Lipinski definition) is 5. The Balaban J connectivity index is 1.57. The van der Waals surface area contributed by atoms with Crippen molar-refractivity contribution in [2.45, 2.75) is 13.5 Å². The summed E-state index contributed by atoms with van der Waals surface area (Å²) >= 11 is 1.30. The normalized spacial score (nSPS) is 17.1. The molecule has 1 aliphatic heterocycles. The van der Waals surface area contributed by atoms with Gasteiger partial charge in [0.15, 0.2) is 5.17 Å². The Labute approximate surface area is 185 Å². The summed E-state index contributed by atoms with van der Waals surface area (Å²) in [5.41, 5.74) is 3.17. The van der Waals surface area contributed by atoms with Crippen molar-refractivity contribution in [3.05, 3.63) is 113 Å². The summed E-state index contributed by atoms with van der Waals surface area (Å²) in [7, 11) is 0. The van der Waals surface area contributed by atoms with E-state index in [1.54, 1.807) is 23.4 Å². The first-order chi connectivity index (χ1) is 15.2. The van der Waals surface area contributed by atoms with E-state index in [1.807, 2.05) is 85.8 Å². The van der Waals surface area contributed by atoms with Crippen molar-refractivity contribution in [2.75, 3.05) is 0 Å². The number of allylic oxidation sites excluding steroid dienone is 2. The van der Waals surface area contributed by atoms with Gasteiger partial charge in [0.1, 0.15) is 5.76 Å². The monoisotopic (exact) mass is 427 g/mol. The first-order valence-corrected chi connectivity index (χ1v) is 10.6. The lowest BCUT2D eigenvalue weighted by Crippen LogP contribution is -2.28. The van der Waals surface area contributed by atoms with Crippen molar-refractivity contribution in [2.24, 2.45) is 10.2 Å². The molecule has 2 aromatic carbocycles. The molecule has 3 aromatic rings. The number of carbonyl (C=O) groups excluding carboxylic acids is 1. The summed E-state index contributed by atoms with van der Waals surface area (Å²) < 4.78 is 5.43. The topological polar surface area (TPSA) is 58.2 Å². The van der Waals surface area contributed by atoms with Crippen LogP contribution in [0.25, 0.3) is 6.08 Å². The van der Waals surface area contributed by atoms with Crippen molar-refractivity contribution in [1.82, 2.24) is 4.90 Å². The van der Waals surface area contributed by atoms with Crippen LogP contribution in [-0.2, 0) is 11.3 Å². The van der Waals surface area contributed by atoms with Crippen molar-refractivity contribution >= 4 is 35.1 Å². The third-order valence-electron chi connectivity index (χ3n) is 4.65. The molecule has 2 heterocycles. The minimum Gasteiger partial charge on any atom is -0.467 e. The van der Waals surface area contributed by atoms with Crippen LogP contribution in [0.1, 0.15) is 22.5 Å². The SMILES string of the molecule is Cc1ccccc1/C=N/N=C1\S/C(=C\C=C\c2ccccc2)C(=O)N1Cc1ccco1. The van der Waals surface area contributed by atoms with Gasteiger partial charge in [0.25, 0.3) is 5.91 Å². The third kappa shape index (κ3) is 5.29. The van der Waals surface area contributed by atoms with Crippen molar-refractivity contribution in [3.63, 3.8) is 0 Å². The van der Waals surface area contributed by atoms with Crippen LogP contribution in [0.3, 0.4) is 0 Å². The maximum Gasteiger partial charge on any atom is 0.267 e. The van der Waals surface area contributed by atoms with Gasteiger partial charge in [-0.1, -0.05) is 66.7 Å². The van der Waals surface area contributed by atoms with E-state index in [0.717, 1.165) is 16.7 Å². The van der Waals surface area contributed by atoms with E-state index in [9.17, 15) is 4.79 Å². The van der Waals surface area contributed by atoms with E-state index in [4.69, 9.17) is 4.42 Å². The fraction of sp³-hybridized carbons (Fsp3) is 0.0800. The molecule has 1 saturated heterocycles. The molecule has 0 atom stereocenters. The Bertz CT molecular complexity index is 1160. The van der Waals surface area contributed by atoms with E-state index in [0.29, 0.717) is 22.4 Å². The lowest BCUT2D eigenvalue weighted by Gasteiger charge is -2.12. The number of aryl methyl sites for hydroxylation is 1. The summed E-state index contributed by atoms with van der Waals surface area (Å²) in [5, 5.41) is 9.09. The average molecular weight is 428 g/mol. The second-order valence-corrected chi connectivity index (χ2v) is 7.87. The molecular formula is C25H21N3O2S. The van der Waals surface area contributed by atoms with E-state index in [1.165, 1.54) is 11.8 Å². The molecule has 6 heteroatoms. The standard InChI is InChI=1S/C25H21N3O2S/c1-19-9-5-6-13-21(19)17-26-27-25-28(18-22-14-8-16-30-22)24(29)23(31-25)15-7-12-20-10-3-2-4-11-20/h2-17H,18H2,1H3/b12-7+,23-15-,26-17+,27-25-. The number of hydrogen-bond donors (Lipinski definition) is 0. The molecule has 0 saturated carbocycles. The molecule has 31 heavy (non-hydrogen) atoms. The van der Waals surface area contributed by atoms with E-state index >= 15 is 0 Å². The number of furan rings is 1. The van der Waals surface area contributed by atoms with Gasteiger partial charge in [0.2, 0.25) is 0 Å². The molecule has 1 amide bonds. The van der Waals surface area contributed by atoms with E-state index in [2.05, 4.69) is 10.2 Å². The first-order valence-electron chi connectivity index (χ1n) is 9.83. The molecule has 0 spiro atoms. The minimum absolute atomic E-state index is 0.121. The van der Waals surface area contributed by atoms with E-state index in [-0.39, 0.29) is 5.91 Å². The molecule has 0 bridgehead atoms. The van der Waals surface area contributed by atoms with Crippen LogP contribution in [0, 0.1) is 6.92 Å². The summed E-state index contributed by atoms with van der Waals surface area (Å²) in [4.78, 5) is 15.2. The maximum absolute atomic E-state index is 13.0. The summed E-state index contributed by atoms with van der Waals surface area (Å²) in [5.74, 6) is 0.564. The van der Waals surface area contributed by atoms with Gasteiger partial charge in [0.05, 0.1) is 23.9 Å². The van der Waals surface area contributed by atoms with Gasteiger partial charge in [-0.3, -0.25) is 9.69 Å². The first kappa shape index (κ1) is 20.6. The van der Waals surface area contributed by atoms with Crippen molar-refractivity contribution in [1.29, 1.82) is 0 Å². The van der Waals surface area contributed by atoms with Crippen LogP contribution in [0.5, 0.6) is 0 Å². The summed E-state index contributed by atoms with van der Waals surface area (Å²) in [6, 6.07) is 21.5. The van der Waals surface area contributed by atoms with Gasteiger partial charge in [-0.2, -0.15) is 5.10 Å². The Morgan fingerprint density at radius 1 is 1.03 bits per heavy atom. The number of amidine groups is 1. The highest BCUT2D eigenvalue weighted by Gasteiger charge is 2.33. The zero-order valence-corrected chi connectivity index (χ0v) is 17.8. The Kier molecular flexibility index (Phi) is 6.59. The maximum atomic E-state index is 13.0. The number of amides is 1. The molecule has 154 valence electrons. The fourth-order valence-electron chi connectivity index (χ4n) is 2.98. The predicted octanol–water partition coefficient (Wildman–Crippen LogP) is 5.65. The second-order valence-electron chi connectivity index (χ2n) is 6.86. The Morgan fingerprint density at radius 2 is 1.84 bits per heavy atom. The van der Waals surface area contributed by atoms with Crippen LogP contribution in [0.15, 0.2) is 105 Å². The molecule has 1 fully saturated rings. The number of thioether (sulfide) groups is 1. The molecule has 0 aliphatic carbocycles. The molecule has 4 rings (SSSR count). The minimum atomic E-state index is -0.121. The lowest BCUT2D eigenvalue weighted by atomic mass is 10.1. The Hall–Kier alpha value is -3.64. The van der Waals surface area contributed by atoms with Crippen LogP contribution in [-0.4, -0.2) is 22.2 Å².